The SMILES string of the molecule is C[C@@H]1CN(C(c2ccccc2)c2ccccc2)CCN1CC=O. The Balaban J connectivity index is 1.87. The van der Waals surface area contributed by atoms with Crippen molar-refractivity contribution in [2.75, 3.05) is 26.2 Å². The zero-order valence-electron chi connectivity index (χ0n) is 13.6. The minimum Gasteiger partial charge on any atom is -0.302 e. The van der Waals surface area contributed by atoms with Gasteiger partial charge in [-0.05, 0) is 18.1 Å². The van der Waals surface area contributed by atoms with Gasteiger partial charge in [-0.1, -0.05) is 60.7 Å². The third-order valence-electron chi connectivity index (χ3n) is 4.70. The van der Waals surface area contributed by atoms with E-state index in [4.69, 9.17) is 0 Å². The molecule has 120 valence electrons. The van der Waals surface area contributed by atoms with Gasteiger partial charge in [0.15, 0.2) is 0 Å². The summed E-state index contributed by atoms with van der Waals surface area (Å²) >= 11 is 0. The van der Waals surface area contributed by atoms with Gasteiger partial charge >= 0.3 is 0 Å². The van der Waals surface area contributed by atoms with E-state index in [1.54, 1.807) is 0 Å². The molecule has 0 spiro atoms. The Bertz CT molecular complexity index is 575. The van der Waals surface area contributed by atoms with E-state index in [1.165, 1.54) is 11.1 Å². The van der Waals surface area contributed by atoms with Crippen LogP contribution in [0.4, 0.5) is 0 Å². The van der Waals surface area contributed by atoms with Crippen LogP contribution in [0.3, 0.4) is 0 Å². The summed E-state index contributed by atoms with van der Waals surface area (Å²) in [6, 6.07) is 22.1. The molecule has 1 atom stereocenters. The van der Waals surface area contributed by atoms with Crippen LogP contribution in [-0.2, 0) is 4.79 Å². The lowest BCUT2D eigenvalue weighted by molar-refractivity contribution is -0.110. The van der Waals surface area contributed by atoms with Crippen molar-refractivity contribution >= 4 is 6.29 Å². The number of rotatable bonds is 5. The van der Waals surface area contributed by atoms with Crippen molar-refractivity contribution in [2.24, 2.45) is 0 Å². The van der Waals surface area contributed by atoms with Gasteiger partial charge in [-0.25, -0.2) is 0 Å². The van der Waals surface area contributed by atoms with Crippen LogP contribution in [0.25, 0.3) is 0 Å². The van der Waals surface area contributed by atoms with Crippen LogP contribution in [0.5, 0.6) is 0 Å². The topological polar surface area (TPSA) is 23.6 Å². The monoisotopic (exact) mass is 308 g/mol. The molecule has 0 unspecified atom stereocenters. The van der Waals surface area contributed by atoms with Gasteiger partial charge in [0.25, 0.3) is 0 Å². The first-order valence-corrected chi connectivity index (χ1v) is 8.31. The highest BCUT2D eigenvalue weighted by atomic mass is 16.1. The summed E-state index contributed by atoms with van der Waals surface area (Å²) in [5.74, 6) is 0. The molecule has 1 aliphatic rings. The predicted molar refractivity (Wildman–Crippen MR) is 93.4 cm³/mol. The number of benzene rings is 2. The van der Waals surface area contributed by atoms with E-state index in [0.29, 0.717) is 12.6 Å². The summed E-state index contributed by atoms with van der Waals surface area (Å²) < 4.78 is 0. The Kier molecular flexibility index (Phi) is 5.21. The fourth-order valence-corrected chi connectivity index (χ4v) is 3.51. The van der Waals surface area contributed by atoms with Crippen LogP contribution < -0.4 is 0 Å². The van der Waals surface area contributed by atoms with Crippen molar-refractivity contribution < 1.29 is 4.79 Å². The second-order valence-corrected chi connectivity index (χ2v) is 6.23. The van der Waals surface area contributed by atoms with Gasteiger partial charge < -0.3 is 4.79 Å². The molecule has 1 saturated heterocycles. The summed E-state index contributed by atoms with van der Waals surface area (Å²) in [6.45, 7) is 5.64. The second-order valence-electron chi connectivity index (χ2n) is 6.23. The van der Waals surface area contributed by atoms with Gasteiger partial charge in [0.2, 0.25) is 0 Å². The Morgan fingerprint density at radius 1 is 1.00 bits per heavy atom. The Labute approximate surface area is 138 Å². The lowest BCUT2D eigenvalue weighted by Crippen LogP contribution is -2.53. The molecule has 3 rings (SSSR count). The molecule has 2 aromatic carbocycles. The maximum absolute atomic E-state index is 10.8. The third-order valence-corrected chi connectivity index (χ3v) is 4.70. The van der Waals surface area contributed by atoms with Crippen molar-refractivity contribution in [3.63, 3.8) is 0 Å². The quantitative estimate of drug-likeness (QED) is 0.793. The molecule has 0 N–H and O–H groups in total. The molecule has 0 aromatic heterocycles. The number of hydrogen-bond acceptors (Lipinski definition) is 3. The number of carbonyl (C=O) groups is 1. The first-order chi connectivity index (χ1) is 11.3. The summed E-state index contributed by atoms with van der Waals surface area (Å²) in [6.07, 6.45) is 1.01. The van der Waals surface area contributed by atoms with Gasteiger partial charge in [0.05, 0.1) is 12.6 Å². The smallest absolute Gasteiger partial charge is 0.133 e. The average Bonchev–Trinajstić information content (AvgIpc) is 2.60. The Morgan fingerprint density at radius 3 is 2.04 bits per heavy atom. The van der Waals surface area contributed by atoms with Gasteiger partial charge in [0, 0.05) is 25.7 Å². The molecule has 1 fully saturated rings. The summed E-state index contributed by atoms with van der Waals surface area (Å²) in [4.78, 5) is 15.6. The van der Waals surface area contributed by atoms with Crippen LogP contribution >= 0.6 is 0 Å². The standard InChI is InChI=1S/C20H24N2O/c1-17-16-22(13-12-21(17)14-15-23)20(18-8-4-2-5-9-18)19-10-6-3-7-11-19/h2-11,15,17,20H,12-14,16H2,1H3/t17-/m1/s1. The molecule has 0 amide bonds. The lowest BCUT2D eigenvalue weighted by Gasteiger charge is -2.43. The first kappa shape index (κ1) is 15.9. The van der Waals surface area contributed by atoms with Crippen LogP contribution in [0, 0.1) is 0 Å². The van der Waals surface area contributed by atoms with Crippen LogP contribution in [0.15, 0.2) is 60.7 Å². The zero-order valence-corrected chi connectivity index (χ0v) is 13.6. The van der Waals surface area contributed by atoms with E-state index in [9.17, 15) is 4.79 Å². The van der Waals surface area contributed by atoms with Gasteiger partial charge in [0.1, 0.15) is 6.29 Å². The van der Waals surface area contributed by atoms with Crippen molar-refractivity contribution in [3.05, 3.63) is 71.8 Å². The van der Waals surface area contributed by atoms with E-state index >= 15 is 0 Å². The van der Waals surface area contributed by atoms with Crippen molar-refractivity contribution in [3.8, 4) is 0 Å². The van der Waals surface area contributed by atoms with Crippen LogP contribution in [-0.4, -0.2) is 48.3 Å². The molecule has 2 aromatic rings. The van der Waals surface area contributed by atoms with Crippen LogP contribution in [0.1, 0.15) is 24.1 Å². The van der Waals surface area contributed by atoms with Crippen molar-refractivity contribution in [1.82, 2.24) is 9.80 Å². The zero-order chi connectivity index (χ0) is 16.1. The van der Waals surface area contributed by atoms with E-state index in [0.717, 1.165) is 25.9 Å². The van der Waals surface area contributed by atoms with Gasteiger partial charge in [-0.15, -0.1) is 0 Å². The number of piperazine rings is 1. The minimum absolute atomic E-state index is 0.276. The highest BCUT2D eigenvalue weighted by Gasteiger charge is 2.29. The first-order valence-electron chi connectivity index (χ1n) is 8.31. The van der Waals surface area contributed by atoms with Crippen molar-refractivity contribution in [2.45, 2.75) is 19.0 Å². The molecule has 3 nitrogen and oxygen atoms in total. The van der Waals surface area contributed by atoms with Crippen molar-refractivity contribution in [1.29, 1.82) is 0 Å². The van der Waals surface area contributed by atoms with Gasteiger partial charge in [-0.3, -0.25) is 9.80 Å². The molecule has 1 aliphatic heterocycles. The predicted octanol–water partition coefficient (Wildman–Crippen LogP) is 2.98. The fourth-order valence-electron chi connectivity index (χ4n) is 3.51. The second kappa shape index (κ2) is 7.53. The van der Waals surface area contributed by atoms with E-state index in [2.05, 4.69) is 77.4 Å². The molecule has 23 heavy (non-hydrogen) atoms. The molecular formula is C20H24N2O. The number of carbonyl (C=O) groups excluding carboxylic acids is 1. The normalized spacial score (nSPS) is 19.8. The lowest BCUT2D eigenvalue weighted by atomic mass is 9.95. The van der Waals surface area contributed by atoms with Crippen LogP contribution in [0.2, 0.25) is 0 Å². The molecular weight excluding hydrogens is 284 g/mol. The third kappa shape index (κ3) is 3.69. The Morgan fingerprint density at radius 2 is 1.57 bits per heavy atom. The maximum atomic E-state index is 10.8. The maximum Gasteiger partial charge on any atom is 0.133 e. The Hall–Kier alpha value is -1.97. The molecule has 0 radical (unpaired) electrons. The number of aldehydes is 1. The molecule has 1 heterocycles. The molecule has 0 aliphatic carbocycles. The highest BCUT2D eigenvalue weighted by Crippen LogP contribution is 2.30. The summed E-state index contributed by atoms with van der Waals surface area (Å²) in [5, 5.41) is 0. The fraction of sp³-hybridized carbons (Fsp3) is 0.350. The van der Waals surface area contributed by atoms with Gasteiger partial charge in [-0.2, -0.15) is 0 Å². The average molecular weight is 308 g/mol. The minimum atomic E-state index is 0.276. The summed E-state index contributed by atoms with van der Waals surface area (Å²) in [5.41, 5.74) is 2.66. The molecule has 3 heteroatoms. The molecule has 0 saturated carbocycles. The number of hydrogen-bond donors (Lipinski definition) is 0. The highest BCUT2D eigenvalue weighted by molar-refractivity contribution is 5.52. The summed E-state index contributed by atoms with van der Waals surface area (Å²) in [7, 11) is 0. The van der Waals surface area contributed by atoms with E-state index in [1.807, 2.05) is 0 Å². The molecule has 0 bridgehead atoms. The largest absolute Gasteiger partial charge is 0.302 e. The van der Waals surface area contributed by atoms with E-state index < -0.39 is 0 Å². The number of nitrogens with zero attached hydrogens (tertiary/aromatic N) is 2. The van der Waals surface area contributed by atoms with E-state index in [-0.39, 0.29) is 6.04 Å².